The lowest BCUT2D eigenvalue weighted by Gasteiger charge is -2.43. The Balaban J connectivity index is 2.03. The zero-order chi connectivity index (χ0) is 25.8. The standard InChI is InChI=1S/C23H30O10S2/c1-15-6-10-17(11-7-15)34(24,25)32-21-20(29-4)19(14-28-3)31-23(30-5)22(21)33-35(26,27)18-12-8-16(2)9-13-18/h6-13,19-23H,14H2,1-5H3/t19-,20-,21+,22-,23+/m1/s1. The van der Waals surface area contributed by atoms with Crippen LogP contribution in [0, 0.1) is 13.8 Å². The maximum atomic E-state index is 13.2. The van der Waals surface area contributed by atoms with Gasteiger partial charge in [0, 0.05) is 21.3 Å². The summed E-state index contributed by atoms with van der Waals surface area (Å²) in [6, 6.07) is 12.0. The van der Waals surface area contributed by atoms with Crippen LogP contribution in [-0.2, 0) is 47.5 Å². The van der Waals surface area contributed by atoms with Crippen molar-refractivity contribution in [1.82, 2.24) is 0 Å². The Hall–Kier alpha value is -1.90. The summed E-state index contributed by atoms with van der Waals surface area (Å²) in [7, 11) is -4.68. The van der Waals surface area contributed by atoms with Crippen LogP contribution in [0.2, 0.25) is 0 Å². The van der Waals surface area contributed by atoms with Crippen molar-refractivity contribution in [3.05, 3.63) is 59.7 Å². The van der Waals surface area contributed by atoms with Crippen molar-refractivity contribution in [2.75, 3.05) is 27.9 Å². The van der Waals surface area contributed by atoms with Gasteiger partial charge in [0.25, 0.3) is 20.2 Å². The van der Waals surface area contributed by atoms with Crippen molar-refractivity contribution in [3.63, 3.8) is 0 Å². The fraction of sp³-hybridized carbons (Fsp3) is 0.478. The number of hydrogen-bond donors (Lipinski definition) is 0. The molecule has 1 saturated heterocycles. The minimum Gasteiger partial charge on any atom is -0.382 e. The van der Waals surface area contributed by atoms with Gasteiger partial charge in [0.2, 0.25) is 0 Å². The quantitative estimate of drug-likeness (QED) is 0.422. The Bertz CT molecular complexity index is 1180. The average Bonchev–Trinajstić information content (AvgIpc) is 2.81. The minimum absolute atomic E-state index is 0.000236. The molecule has 3 rings (SSSR count). The van der Waals surface area contributed by atoms with E-state index in [0.717, 1.165) is 11.1 Å². The van der Waals surface area contributed by atoms with E-state index >= 15 is 0 Å². The van der Waals surface area contributed by atoms with Crippen LogP contribution in [0.5, 0.6) is 0 Å². The summed E-state index contributed by atoms with van der Waals surface area (Å²) < 4.78 is 85.4. The number of aryl methyl sites for hydroxylation is 2. The van der Waals surface area contributed by atoms with Gasteiger partial charge in [-0.1, -0.05) is 35.4 Å². The molecule has 1 fully saturated rings. The average molecular weight is 531 g/mol. The number of hydrogen-bond acceptors (Lipinski definition) is 10. The number of benzene rings is 2. The molecule has 1 heterocycles. The highest BCUT2D eigenvalue weighted by Crippen LogP contribution is 2.33. The summed E-state index contributed by atoms with van der Waals surface area (Å²) >= 11 is 0. The highest BCUT2D eigenvalue weighted by Gasteiger charge is 2.52. The molecule has 2 aromatic rings. The Morgan fingerprint density at radius 3 is 1.54 bits per heavy atom. The number of ether oxygens (including phenoxy) is 4. The third kappa shape index (κ3) is 6.46. The minimum atomic E-state index is -4.36. The van der Waals surface area contributed by atoms with Gasteiger partial charge < -0.3 is 18.9 Å². The lowest BCUT2D eigenvalue weighted by molar-refractivity contribution is -0.288. The zero-order valence-corrected chi connectivity index (χ0v) is 21.7. The van der Waals surface area contributed by atoms with Crippen molar-refractivity contribution in [1.29, 1.82) is 0 Å². The predicted molar refractivity (Wildman–Crippen MR) is 125 cm³/mol. The van der Waals surface area contributed by atoms with Crippen molar-refractivity contribution < 1.29 is 44.1 Å². The molecule has 1 aliphatic rings. The first-order chi connectivity index (χ1) is 16.5. The normalized spacial score (nSPS) is 25.5. The Morgan fingerprint density at radius 2 is 1.14 bits per heavy atom. The Kier molecular flexibility index (Phi) is 9.05. The van der Waals surface area contributed by atoms with E-state index in [4.69, 9.17) is 27.3 Å². The molecule has 0 saturated carbocycles. The van der Waals surface area contributed by atoms with Gasteiger partial charge in [-0.2, -0.15) is 16.8 Å². The van der Waals surface area contributed by atoms with Crippen LogP contribution in [0.1, 0.15) is 11.1 Å². The van der Waals surface area contributed by atoms with Gasteiger partial charge in [-0.25, -0.2) is 0 Å². The maximum absolute atomic E-state index is 13.2. The van der Waals surface area contributed by atoms with Crippen LogP contribution < -0.4 is 0 Å². The molecule has 10 nitrogen and oxygen atoms in total. The van der Waals surface area contributed by atoms with Gasteiger partial charge in [-0.05, 0) is 38.1 Å². The molecule has 0 aliphatic carbocycles. The van der Waals surface area contributed by atoms with Gasteiger partial charge in [-0.3, -0.25) is 8.37 Å². The SMILES string of the molecule is COC[C@H]1O[C@H](OC)[C@H](OS(=O)(=O)c2ccc(C)cc2)[C@@H](OS(=O)(=O)c2ccc(C)cc2)[C@@H]1OC. The Morgan fingerprint density at radius 1 is 0.686 bits per heavy atom. The Labute approximate surface area is 206 Å². The molecular formula is C23H30O10S2. The van der Waals surface area contributed by atoms with Crippen LogP contribution in [0.15, 0.2) is 58.3 Å². The molecule has 0 bridgehead atoms. The van der Waals surface area contributed by atoms with E-state index in [1.807, 2.05) is 13.8 Å². The third-order valence-electron chi connectivity index (χ3n) is 5.52. The third-order valence-corrected chi connectivity index (χ3v) is 8.17. The lowest BCUT2D eigenvalue weighted by Crippen LogP contribution is -2.62. The van der Waals surface area contributed by atoms with Gasteiger partial charge in [0.05, 0.1) is 16.4 Å². The van der Waals surface area contributed by atoms with E-state index in [1.165, 1.54) is 45.6 Å². The molecule has 35 heavy (non-hydrogen) atoms. The van der Waals surface area contributed by atoms with E-state index < -0.39 is 50.9 Å². The second kappa shape index (κ2) is 11.4. The van der Waals surface area contributed by atoms with E-state index in [1.54, 1.807) is 24.3 Å². The molecule has 12 heteroatoms. The smallest absolute Gasteiger partial charge is 0.297 e. The van der Waals surface area contributed by atoms with Crippen LogP contribution in [0.3, 0.4) is 0 Å². The van der Waals surface area contributed by atoms with E-state index in [9.17, 15) is 16.8 Å². The first-order valence-corrected chi connectivity index (χ1v) is 13.5. The van der Waals surface area contributed by atoms with Crippen LogP contribution >= 0.6 is 0 Å². The summed E-state index contributed by atoms with van der Waals surface area (Å²) in [5.41, 5.74) is 1.71. The monoisotopic (exact) mass is 530 g/mol. The predicted octanol–water partition coefficient (Wildman–Crippen LogP) is 2.18. The van der Waals surface area contributed by atoms with Gasteiger partial charge in [0.1, 0.15) is 18.3 Å². The molecule has 0 aromatic heterocycles. The number of methoxy groups -OCH3 is 3. The van der Waals surface area contributed by atoms with E-state index in [2.05, 4.69) is 0 Å². The molecule has 1 aliphatic heterocycles. The maximum Gasteiger partial charge on any atom is 0.297 e. The summed E-state index contributed by atoms with van der Waals surface area (Å²) in [6.45, 7) is 3.63. The molecule has 0 unspecified atom stereocenters. The summed E-state index contributed by atoms with van der Waals surface area (Å²) in [4.78, 5) is -0.229. The van der Waals surface area contributed by atoms with Gasteiger partial charge >= 0.3 is 0 Å². The van der Waals surface area contributed by atoms with E-state index in [-0.39, 0.29) is 16.4 Å². The largest absolute Gasteiger partial charge is 0.382 e. The van der Waals surface area contributed by atoms with Crippen molar-refractivity contribution in [3.8, 4) is 0 Å². The topological polar surface area (TPSA) is 124 Å². The number of rotatable bonds is 10. The fourth-order valence-electron chi connectivity index (χ4n) is 3.68. The van der Waals surface area contributed by atoms with Crippen molar-refractivity contribution in [2.45, 2.75) is 54.3 Å². The van der Waals surface area contributed by atoms with Gasteiger partial charge in [0.15, 0.2) is 12.4 Å². The molecule has 0 amide bonds. The van der Waals surface area contributed by atoms with Crippen molar-refractivity contribution >= 4 is 20.2 Å². The molecule has 2 aromatic carbocycles. The van der Waals surface area contributed by atoms with Crippen molar-refractivity contribution in [2.24, 2.45) is 0 Å². The molecule has 0 radical (unpaired) electrons. The van der Waals surface area contributed by atoms with Crippen LogP contribution in [0.25, 0.3) is 0 Å². The lowest BCUT2D eigenvalue weighted by atomic mass is 9.99. The summed E-state index contributed by atoms with van der Waals surface area (Å²) in [5, 5.41) is 0. The summed E-state index contributed by atoms with van der Waals surface area (Å²) in [6.07, 6.45) is -6.19. The summed E-state index contributed by atoms with van der Waals surface area (Å²) in [5.74, 6) is 0. The highest BCUT2D eigenvalue weighted by molar-refractivity contribution is 7.87. The van der Waals surface area contributed by atoms with Crippen LogP contribution in [0.4, 0.5) is 0 Å². The zero-order valence-electron chi connectivity index (χ0n) is 20.1. The van der Waals surface area contributed by atoms with Crippen LogP contribution in [-0.4, -0.2) is 75.5 Å². The first-order valence-electron chi connectivity index (χ1n) is 10.7. The molecule has 5 atom stereocenters. The highest BCUT2D eigenvalue weighted by atomic mass is 32.2. The molecule has 0 N–H and O–H groups in total. The second-order valence-corrected chi connectivity index (χ2v) is 11.2. The second-order valence-electron chi connectivity index (χ2n) is 8.09. The fourth-order valence-corrected chi connectivity index (χ4v) is 5.84. The van der Waals surface area contributed by atoms with Gasteiger partial charge in [-0.15, -0.1) is 0 Å². The molecular weight excluding hydrogens is 500 g/mol. The first kappa shape index (κ1) is 27.7. The van der Waals surface area contributed by atoms with E-state index in [0.29, 0.717) is 0 Å². The molecule has 0 spiro atoms. The molecule has 194 valence electrons.